The van der Waals surface area contributed by atoms with Gasteiger partial charge in [-0.1, -0.05) is 18.1 Å². The first-order valence-electron chi connectivity index (χ1n) is 10.3. The first-order chi connectivity index (χ1) is 13.8. The van der Waals surface area contributed by atoms with Crippen molar-refractivity contribution in [2.24, 2.45) is 4.99 Å². The zero-order valence-electron chi connectivity index (χ0n) is 16.0. The number of hydrogen-bond donors (Lipinski definition) is 4. The average Bonchev–Trinajstić information content (AvgIpc) is 3.53. The van der Waals surface area contributed by atoms with Gasteiger partial charge in [-0.3, -0.25) is 4.99 Å². The highest BCUT2D eigenvalue weighted by molar-refractivity contribution is 5.89. The highest BCUT2D eigenvalue weighted by Gasteiger charge is 2.26. The lowest BCUT2D eigenvalue weighted by Crippen LogP contribution is -2.37. The van der Waals surface area contributed by atoms with E-state index in [0.29, 0.717) is 12.1 Å². The van der Waals surface area contributed by atoms with Crippen LogP contribution in [0.15, 0.2) is 35.5 Å². The van der Waals surface area contributed by atoms with Crippen molar-refractivity contribution in [3.05, 3.63) is 53.1 Å². The van der Waals surface area contributed by atoms with Gasteiger partial charge in [-0.15, -0.1) is 0 Å². The van der Waals surface area contributed by atoms with Crippen LogP contribution in [0.25, 0.3) is 0 Å². The largest absolute Gasteiger partial charge is 0.370 e. The molecule has 6 nitrogen and oxygen atoms in total. The summed E-state index contributed by atoms with van der Waals surface area (Å²) in [4.78, 5) is 12.8. The summed E-state index contributed by atoms with van der Waals surface area (Å²) in [6, 6.07) is 9.40. The molecular weight excluding hydrogens is 348 g/mol. The Morgan fingerprint density at radius 2 is 1.71 bits per heavy atom. The number of aromatic nitrogens is 2. The Bertz CT molecular complexity index is 904. The predicted octanol–water partition coefficient (Wildman–Crippen LogP) is 2.03. The lowest BCUT2D eigenvalue weighted by molar-refractivity contribution is 0.612. The van der Waals surface area contributed by atoms with Crippen molar-refractivity contribution >= 4 is 5.84 Å². The van der Waals surface area contributed by atoms with Crippen molar-refractivity contribution in [2.45, 2.75) is 43.8 Å². The number of hydrogen-bond acceptors (Lipinski definition) is 5. The monoisotopic (exact) mass is 374 g/mol. The van der Waals surface area contributed by atoms with Gasteiger partial charge in [0.05, 0.1) is 18.1 Å². The highest BCUT2D eigenvalue weighted by Crippen LogP contribution is 2.23. The number of imidazole rings is 1. The smallest absolute Gasteiger partial charge is 0.131 e. The third-order valence-electron chi connectivity index (χ3n) is 5.78. The molecule has 2 fully saturated rings. The molecule has 0 amide bonds. The Kier molecular flexibility index (Phi) is 4.86. The molecule has 0 bridgehead atoms. The van der Waals surface area contributed by atoms with Crippen LogP contribution in [0, 0.1) is 11.8 Å². The number of nitrogens with one attached hydrogen (secondary N) is 4. The molecule has 3 aliphatic rings. The molecule has 0 aliphatic carbocycles. The fourth-order valence-corrected chi connectivity index (χ4v) is 4.21. The van der Waals surface area contributed by atoms with E-state index in [-0.39, 0.29) is 6.04 Å². The van der Waals surface area contributed by atoms with E-state index < -0.39 is 0 Å². The molecule has 3 atom stereocenters. The van der Waals surface area contributed by atoms with Gasteiger partial charge in [0.1, 0.15) is 17.4 Å². The fraction of sp³-hybridized carbons (Fsp3) is 0.455. The second-order valence-corrected chi connectivity index (χ2v) is 7.75. The van der Waals surface area contributed by atoms with Crippen molar-refractivity contribution in [2.75, 3.05) is 19.6 Å². The van der Waals surface area contributed by atoms with Crippen LogP contribution in [-0.2, 0) is 0 Å². The summed E-state index contributed by atoms with van der Waals surface area (Å²) in [5.41, 5.74) is 3.03. The topological polar surface area (TPSA) is 77.1 Å². The van der Waals surface area contributed by atoms with Gasteiger partial charge in [0.2, 0.25) is 0 Å². The summed E-state index contributed by atoms with van der Waals surface area (Å²) in [5, 5.41) is 10.4. The Morgan fingerprint density at radius 3 is 2.46 bits per heavy atom. The van der Waals surface area contributed by atoms with Crippen molar-refractivity contribution in [3.8, 4) is 11.8 Å². The van der Waals surface area contributed by atoms with Crippen LogP contribution in [-0.4, -0.2) is 41.5 Å². The lowest BCUT2D eigenvalue weighted by Gasteiger charge is -2.09. The van der Waals surface area contributed by atoms with Crippen LogP contribution in [0.3, 0.4) is 0 Å². The minimum absolute atomic E-state index is 0.201. The third kappa shape index (κ3) is 3.68. The molecule has 2 saturated heterocycles. The minimum atomic E-state index is 0.201. The van der Waals surface area contributed by atoms with E-state index in [9.17, 15) is 0 Å². The lowest BCUT2D eigenvalue weighted by atomic mass is 10.1. The summed E-state index contributed by atoms with van der Waals surface area (Å²) in [7, 11) is 0. The molecule has 0 saturated carbocycles. The molecule has 1 aromatic carbocycles. The normalized spacial score (nSPS) is 26.6. The van der Waals surface area contributed by atoms with Gasteiger partial charge in [-0.2, -0.15) is 0 Å². The van der Waals surface area contributed by atoms with Gasteiger partial charge in [0.25, 0.3) is 0 Å². The number of rotatable bonds is 3. The zero-order chi connectivity index (χ0) is 18.8. The van der Waals surface area contributed by atoms with E-state index in [1.807, 2.05) is 6.20 Å². The van der Waals surface area contributed by atoms with Crippen LogP contribution in [0.4, 0.5) is 0 Å². The van der Waals surface area contributed by atoms with Crippen molar-refractivity contribution in [3.63, 3.8) is 0 Å². The van der Waals surface area contributed by atoms with Crippen LogP contribution in [0.2, 0.25) is 0 Å². The predicted molar refractivity (Wildman–Crippen MR) is 110 cm³/mol. The van der Waals surface area contributed by atoms with E-state index in [4.69, 9.17) is 4.99 Å². The molecule has 4 heterocycles. The van der Waals surface area contributed by atoms with E-state index in [1.54, 1.807) is 0 Å². The Morgan fingerprint density at radius 1 is 0.929 bits per heavy atom. The van der Waals surface area contributed by atoms with E-state index >= 15 is 0 Å². The SMILES string of the molecule is C(#Cc1c[nH]c([C@@H]2CCCN2)n1)c1ccc(C2CNC([C@@H]3CCCN3)=N2)cc1. The number of aliphatic imine (C=N–C) groups is 1. The molecule has 28 heavy (non-hydrogen) atoms. The van der Waals surface area contributed by atoms with Gasteiger partial charge in [-0.25, -0.2) is 4.98 Å². The molecule has 4 N–H and O–H groups in total. The standard InChI is InChI=1S/C22H26N6/c1-3-18(23-11-1)21-25-13-17(27-21)10-7-15-5-8-16(9-6-15)20-14-26-22(28-20)19-4-2-12-24-19/h5-6,8-9,13,18-20,23-24H,1-4,11-12,14H2,(H,25,27)(H,26,28)/t18-,19-,20?/m0/s1. The Labute approximate surface area is 165 Å². The van der Waals surface area contributed by atoms with E-state index in [0.717, 1.165) is 49.0 Å². The maximum Gasteiger partial charge on any atom is 0.131 e. The summed E-state index contributed by atoms with van der Waals surface area (Å²) in [5.74, 6) is 8.51. The van der Waals surface area contributed by atoms with Gasteiger partial charge in [-0.05, 0) is 62.4 Å². The highest BCUT2D eigenvalue weighted by atomic mass is 15.1. The molecule has 3 aliphatic heterocycles. The zero-order valence-corrected chi connectivity index (χ0v) is 16.0. The van der Waals surface area contributed by atoms with Crippen LogP contribution >= 0.6 is 0 Å². The third-order valence-corrected chi connectivity index (χ3v) is 5.78. The van der Waals surface area contributed by atoms with E-state index in [1.165, 1.54) is 24.8 Å². The van der Waals surface area contributed by atoms with Gasteiger partial charge >= 0.3 is 0 Å². The molecule has 144 valence electrons. The van der Waals surface area contributed by atoms with Crippen molar-refractivity contribution in [1.82, 2.24) is 25.9 Å². The fourth-order valence-electron chi connectivity index (χ4n) is 4.21. The van der Waals surface area contributed by atoms with Gasteiger partial charge in [0, 0.05) is 18.3 Å². The summed E-state index contributed by atoms with van der Waals surface area (Å²) in [6.07, 6.45) is 6.65. The Hall–Kier alpha value is -2.62. The molecule has 6 heteroatoms. The molecule has 0 spiro atoms. The molecule has 5 rings (SSSR count). The first-order valence-corrected chi connectivity index (χ1v) is 10.3. The maximum atomic E-state index is 4.89. The van der Waals surface area contributed by atoms with Crippen LogP contribution in [0.5, 0.6) is 0 Å². The second kappa shape index (κ2) is 7.78. The average molecular weight is 374 g/mol. The van der Waals surface area contributed by atoms with Crippen LogP contribution < -0.4 is 16.0 Å². The molecule has 0 radical (unpaired) electrons. The summed E-state index contributed by atoms with van der Waals surface area (Å²) in [6.45, 7) is 3.04. The number of H-pyrrole nitrogens is 1. The van der Waals surface area contributed by atoms with E-state index in [2.05, 4.69) is 62.0 Å². The first kappa shape index (κ1) is 17.5. The van der Waals surface area contributed by atoms with Gasteiger partial charge < -0.3 is 20.9 Å². The quantitative estimate of drug-likeness (QED) is 0.620. The molecular formula is C22H26N6. The van der Waals surface area contributed by atoms with Crippen molar-refractivity contribution < 1.29 is 0 Å². The number of nitrogens with zero attached hydrogens (tertiary/aromatic N) is 2. The molecule has 1 aromatic heterocycles. The number of amidine groups is 1. The number of aromatic amines is 1. The van der Waals surface area contributed by atoms with Crippen LogP contribution in [0.1, 0.15) is 60.4 Å². The summed E-state index contributed by atoms with van der Waals surface area (Å²) >= 11 is 0. The number of benzene rings is 1. The molecule has 1 unspecified atom stereocenters. The molecule has 2 aromatic rings. The van der Waals surface area contributed by atoms with Gasteiger partial charge in [0.15, 0.2) is 0 Å². The second-order valence-electron chi connectivity index (χ2n) is 7.75. The summed E-state index contributed by atoms with van der Waals surface area (Å²) < 4.78 is 0. The maximum absolute atomic E-state index is 4.89. The van der Waals surface area contributed by atoms with Crippen molar-refractivity contribution in [1.29, 1.82) is 0 Å². The minimum Gasteiger partial charge on any atom is -0.370 e. The Balaban J connectivity index is 1.24.